The van der Waals surface area contributed by atoms with Crippen LogP contribution in [0.3, 0.4) is 0 Å². The zero-order valence-corrected chi connectivity index (χ0v) is 11.6. The van der Waals surface area contributed by atoms with Crippen LogP contribution in [-0.2, 0) is 4.79 Å². The molecule has 0 saturated carbocycles. The number of hydrogen-bond acceptors (Lipinski definition) is 4. The molecule has 0 aliphatic carbocycles. The first-order chi connectivity index (χ1) is 9.20. The fourth-order valence-corrected chi connectivity index (χ4v) is 2.36. The molecule has 0 aliphatic heterocycles. The minimum Gasteiger partial charge on any atom is -0.458 e. The van der Waals surface area contributed by atoms with Gasteiger partial charge in [-0.25, -0.2) is 0 Å². The average Bonchev–Trinajstić information content (AvgIpc) is 3.06. The minimum atomic E-state index is -0.812. The Hall–Kier alpha value is -1.59. The van der Waals surface area contributed by atoms with Gasteiger partial charge >= 0.3 is 0 Å². The SMILES string of the molecule is CCCC(=O)NC[C@@H](O)c1ccc(-c2ccsc2)o1. The van der Waals surface area contributed by atoms with Crippen molar-refractivity contribution in [2.24, 2.45) is 0 Å². The Labute approximate surface area is 116 Å². The summed E-state index contributed by atoms with van der Waals surface area (Å²) in [4.78, 5) is 11.3. The van der Waals surface area contributed by atoms with Gasteiger partial charge in [0.2, 0.25) is 5.91 Å². The van der Waals surface area contributed by atoms with Crippen molar-refractivity contribution in [1.29, 1.82) is 0 Å². The Kier molecular flexibility index (Phi) is 4.76. The molecule has 0 fully saturated rings. The predicted molar refractivity (Wildman–Crippen MR) is 74.9 cm³/mol. The lowest BCUT2D eigenvalue weighted by Gasteiger charge is -2.09. The first-order valence-corrected chi connectivity index (χ1v) is 7.22. The molecule has 4 nitrogen and oxygen atoms in total. The van der Waals surface area contributed by atoms with Gasteiger partial charge in [0.05, 0.1) is 6.54 Å². The topological polar surface area (TPSA) is 62.5 Å². The smallest absolute Gasteiger partial charge is 0.220 e. The maximum absolute atomic E-state index is 11.3. The molecule has 5 heteroatoms. The van der Waals surface area contributed by atoms with Crippen molar-refractivity contribution >= 4 is 17.2 Å². The quantitative estimate of drug-likeness (QED) is 0.854. The number of amides is 1. The van der Waals surface area contributed by atoms with Crippen molar-refractivity contribution in [3.05, 3.63) is 34.7 Å². The van der Waals surface area contributed by atoms with Crippen LogP contribution in [0.1, 0.15) is 31.6 Å². The molecule has 2 rings (SSSR count). The van der Waals surface area contributed by atoms with Gasteiger partial charge in [-0.1, -0.05) is 6.92 Å². The van der Waals surface area contributed by atoms with Crippen molar-refractivity contribution in [2.45, 2.75) is 25.9 Å². The van der Waals surface area contributed by atoms with Gasteiger partial charge in [-0.2, -0.15) is 11.3 Å². The van der Waals surface area contributed by atoms with Crippen LogP contribution >= 0.6 is 11.3 Å². The molecular weight excluding hydrogens is 262 g/mol. The number of aliphatic hydroxyl groups excluding tert-OH is 1. The molecule has 1 amide bonds. The predicted octanol–water partition coefficient (Wildman–Crippen LogP) is 2.96. The highest BCUT2D eigenvalue weighted by atomic mass is 32.1. The summed E-state index contributed by atoms with van der Waals surface area (Å²) in [6.45, 7) is 2.12. The van der Waals surface area contributed by atoms with Gasteiger partial charge in [-0.15, -0.1) is 0 Å². The van der Waals surface area contributed by atoms with E-state index >= 15 is 0 Å². The van der Waals surface area contributed by atoms with E-state index in [1.54, 1.807) is 17.4 Å². The van der Waals surface area contributed by atoms with Crippen molar-refractivity contribution in [3.63, 3.8) is 0 Å². The first-order valence-electron chi connectivity index (χ1n) is 6.27. The highest BCUT2D eigenvalue weighted by molar-refractivity contribution is 7.08. The molecule has 1 atom stereocenters. The average molecular weight is 279 g/mol. The number of thiophene rings is 1. The third-order valence-electron chi connectivity index (χ3n) is 2.73. The van der Waals surface area contributed by atoms with Crippen LogP contribution in [0.4, 0.5) is 0 Å². The van der Waals surface area contributed by atoms with E-state index in [-0.39, 0.29) is 12.5 Å². The Morgan fingerprint density at radius 3 is 3.00 bits per heavy atom. The van der Waals surface area contributed by atoms with Gasteiger partial charge in [0.1, 0.15) is 17.6 Å². The number of carbonyl (C=O) groups excluding carboxylic acids is 1. The number of furan rings is 1. The molecule has 0 unspecified atom stereocenters. The molecule has 2 N–H and O–H groups in total. The van der Waals surface area contributed by atoms with Gasteiger partial charge in [0, 0.05) is 17.4 Å². The summed E-state index contributed by atoms with van der Waals surface area (Å²) in [5, 5.41) is 16.6. The van der Waals surface area contributed by atoms with Crippen molar-refractivity contribution in [3.8, 4) is 11.3 Å². The Morgan fingerprint density at radius 2 is 2.32 bits per heavy atom. The number of nitrogens with one attached hydrogen (secondary N) is 1. The summed E-state index contributed by atoms with van der Waals surface area (Å²) in [5.74, 6) is 1.15. The molecule has 0 aliphatic rings. The zero-order valence-electron chi connectivity index (χ0n) is 10.8. The summed E-state index contributed by atoms with van der Waals surface area (Å²) in [7, 11) is 0. The third-order valence-corrected chi connectivity index (χ3v) is 3.41. The molecular formula is C14H17NO3S. The second-order valence-corrected chi connectivity index (χ2v) is 5.06. The number of rotatable bonds is 6. The summed E-state index contributed by atoms with van der Waals surface area (Å²) < 4.78 is 5.59. The second-order valence-electron chi connectivity index (χ2n) is 4.28. The maximum Gasteiger partial charge on any atom is 0.220 e. The fraction of sp³-hybridized carbons (Fsp3) is 0.357. The number of aliphatic hydroxyl groups is 1. The van der Waals surface area contributed by atoms with Gasteiger partial charge in [-0.05, 0) is 30.0 Å². The number of hydrogen-bond donors (Lipinski definition) is 2. The molecule has 2 heterocycles. The molecule has 0 bridgehead atoms. The molecule has 2 aromatic rings. The van der Waals surface area contributed by atoms with Crippen LogP contribution < -0.4 is 5.32 Å². The summed E-state index contributed by atoms with van der Waals surface area (Å²) >= 11 is 1.59. The van der Waals surface area contributed by atoms with Crippen LogP contribution in [-0.4, -0.2) is 17.6 Å². The summed E-state index contributed by atoms with van der Waals surface area (Å²) in [5.41, 5.74) is 0.999. The van der Waals surface area contributed by atoms with Crippen LogP contribution in [0.25, 0.3) is 11.3 Å². The molecule has 0 aromatic carbocycles. The lowest BCUT2D eigenvalue weighted by Crippen LogP contribution is -2.27. The zero-order chi connectivity index (χ0) is 13.7. The van der Waals surface area contributed by atoms with Gasteiger partial charge in [-0.3, -0.25) is 4.79 Å². The normalized spacial score (nSPS) is 12.3. The summed E-state index contributed by atoms with van der Waals surface area (Å²) in [6, 6.07) is 5.53. The Bertz CT molecular complexity index is 519. The fourth-order valence-electron chi connectivity index (χ4n) is 1.72. The van der Waals surface area contributed by atoms with Crippen LogP contribution in [0.5, 0.6) is 0 Å². The Morgan fingerprint density at radius 1 is 1.47 bits per heavy atom. The van der Waals surface area contributed by atoms with E-state index in [0.29, 0.717) is 12.2 Å². The van der Waals surface area contributed by atoms with Crippen molar-refractivity contribution < 1.29 is 14.3 Å². The van der Waals surface area contributed by atoms with E-state index in [2.05, 4.69) is 5.32 Å². The largest absolute Gasteiger partial charge is 0.458 e. The molecule has 0 radical (unpaired) electrons. The third kappa shape index (κ3) is 3.68. The lowest BCUT2D eigenvalue weighted by atomic mass is 10.2. The van der Waals surface area contributed by atoms with E-state index < -0.39 is 6.10 Å². The van der Waals surface area contributed by atoms with E-state index in [0.717, 1.165) is 17.7 Å². The molecule has 102 valence electrons. The number of carbonyl (C=O) groups is 1. The van der Waals surface area contributed by atoms with Crippen LogP contribution in [0.15, 0.2) is 33.4 Å². The monoisotopic (exact) mass is 279 g/mol. The molecule has 19 heavy (non-hydrogen) atoms. The summed E-state index contributed by atoms with van der Waals surface area (Å²) in [6.07, 6.45) is 0.462. The van der Waals surface area contributed by atoms with Crippen molar-refractivity contribution in [2.75, 3.05) is 6.54 Å². The van der Waals surface area contributed by atoms with E-state index in [1.165, 1.54) is 0 Å². The van der Waals surface area contributed by atoms with Crippen LogP contribution in [0, 0.1) is 0 Å². The molecule has 0 spiro atoms. The van der Waals surface area contributed by atoms with Gasteiger partial charge in [0.25, 0.3) is 0 Å². The highest BCUT2D eigenvalue weighted by Gasteiger charge is 2.14. The first kappa shape index (κ1) is 13.8. The standard InChI is InChI=1S/C14H17NO3S/c1-2-3-14(17)15-8-11(16)13-5-4-12(18-13)10-6-7-19-9-10/h4-7,9,11,16H,2-3,8H2,1H3,(H,15,17)/t11-/m1/s1. The van der Waals surface area contributed by atoms with Gasteiger partial charge < -0.3 is 14.8 Å². The van der Waals surface area contributed by atoms with E-state index in [9.17, 15) is 9.90 Å². The Balaban J connectivity index is 1.93. The lowest BCUT2D eigenvalue weighted by molar-refractivity contribution is -0.121. The maximum atomic E-state index is 11.3. The van der Waals surface area contributed by atoms with Gasteiger partial charge in [0.15, 0.2) is 0 Å². The second kappa shape index (κ2) is 6.54. The minimum absolute atomic E-state index is 0.0498. The van der Waals surface area contributed by atoms with Crippen molar-refractivity contribution in [1.82, 2.24) is 5.32 Å². The molecule has 0 saturated heterocycles. The molecule has 2 aromatic heterocycles. The van der Waals surface area contributed by atoms with Crippen LogP contribution in [0.2, 0.25) is 0 Å². The van der Waals surface area contributed by atoms with E-state index in [1.807, 2.05) is 29.8 Å². The highest BCUT2D eigenvalue weighted by Crippen LogP contribution is 2.26. The van der Waals surface area contributed by atoms with E-state index in [4.69, 9.17) is 4.42 Å².